The molecule has 1 N–H and O–H groups in total. The summed E-state index contributed by atoms with van der Waals surface area (Å²) in [6, 6.07) is 15.9. The van der Waals surface area contributed by atoms with E-state index in [1.807, 2.05) is 38.1 Å². The van der Waals surface area contributed by atoms with Gasteiger partial charge in [0.2, 0.25) is 0 Å². The molecule has 1 atom stereocenters. The van der Waals surface area contributed by atoms with Crippen LogP contribution in [0.25, 0.3) is 0 Å². The van der Waals surface area contributed by atoms with Gasteiger partial charge in [-0.1, -0.05) is 47.5 Å². The Morgan fingerprint density at radius 2 is 1.68 bits per heavy atom. The first kappa shape index (κ1) is 13.3. The molecule has 0 aliphatic rings. The first-order chi connectivity index (χ1) is 9.06. The molecule has 0 saturated carbocycles. The molecule has 2 aromatic rings. The quantitative estimate of drug-likeness (QED) is 0.885. The van der Waals surface area contributed by atoms with Crippen molar-refractivity contribution in [1.29, 1.82) is 0 Å². The van der Waals surface area contributed by atoms with E-state index in [-0.39, 0.29) is 11.9 Å². The normalized spacial score (nSPS) is 11.9. The van der Waals surface area contributed by atoms with Crippen LogP contribution in [0.5, 0.6) is 0 Å². The molecule has 0 heterocycles. The summed E-state index contributed by atoms with van der Waals surface area (Å²) in [7, 11) is 0. The maximum atomic E-state index is 12.1. The minimum atomic E-state index is -0.0308. The van der Waals surface area contributed by atoms with Crippen LogP contribution in [0.4, 0.5) is 0 Å². The van der Waals surface area contributed by atoms with Gasteiger partial charge in [0.25, 0.3) is 5.91 Å². The number of hydrogen-bond acceptors (Lipinski definition) is 1. The van der Waals surface area contributed by atoms with E-state index in [1.54, 1.807) is 0 Å². The van der Waals surface area contributed by atoms with Gasteiger partial charge in [-0.25, -0.2) is 0 Å². The van der Waals surface area contributed by atoms with Crippen LogP contribution in [0.3, 0.4) is 0 Å². The zero-order valence-corrected chi connectivity index (χ0v) is 11.6. The lowest BCUT2D eigenvalue weighted by Crippen LogP contribution is -2.26. The van der Waals surface area contributed by atoms with Gasteiger partial charge in [-0.15, -0.1) is 0 Å². The van der Waals surface area contributed by atoms with Gasteiger partial charge >= 0.3 is 0 Å². The van der Waals surface area contributed by atoms with E-state index in [2.05, 4.69) is 36.5 Å². The molecular weight excluding hydrogens is 234 g/mol. The molecule has 0 saturated heterocycles. The van der Waals surface area contributed by atoms with Crippen molar-refractivity contribution >= 4 is 5.91 Å². The Hall–Kier alpha value is -2.09. The molecule has 1 unspecified atom stereocenters. The highest BCUT2D eigenvalue weighted by atomic mass is 16.1. The summed E-state index contributed by atoms with van der Waals surface area (Å²) in [5, 5.41) is 3.02. The zero-order valence-electron chi connectivity index (χ0n) is 11.6. The second-order valence-electron chi connectivity index (χ2n) is 4.98. The monoisotopic (exact) mass is 253 g/mol. The average molecular weight is 253 g/mol. The van der Waals surface area contributed by atoms with Crippen molar-refractivity contribution in [1.82, 2.24) is 5.32 Å². The third kappa shape index (κ3) is 3.44. The topological polar surface area (TPSA) is 29.1 Å². The maximum absolute atomic E-state index is 12.1. The molecule has 2 heteroatoms. The van der Waals surface area contributed by atoms with E-state index in [9.17, 15) is 4.79 Å². The molecule has 0 fully saturated rings. The Morgan fingerprint density at radius 1 is 1.00 bits per heavy atom. The van der Waals surface area contributed by atoms with Crippen molar-refractivity contribution in [3.05, 3.63) is 70.8 Å². The second-order valence-corrected chi connectivity index (χ2v) is 4.98. The second kappa shape index (κ2) is 5.70. The lowest BCUT2D eigenvalue weighted by Gasteiger charge is -2.14. The third-order valence-electron chi connectivity index (χ3n) is 3.21. The van der Waals surface area contributed by atoms with Crippen molar-refractivity contribution in [2.24, 2.45) is 0 Å². The van der Waals surface area contributed by atoms with Crippen LogP contribution in [-0.2, 0) is 0 Å². The molecule has 0 aliphatic heterocycles. The molecule has 2 rings (SSSR count). The van der Waals surface area contributed by atoms with Crippen molar-refractivity contribution in [2.75, 3.05) is 0 Å². The summed E-state index contributed by atoms with van der Waals surface area (Å²) in [4.78, 5) is 12.1. The van der Waals surface area contributed by atoms with Gasteiger partial charge in [-0.2, -0.15) is 0 Å². The van der Waals surface area contributed by atoms with Crippen molar-refractivity contribution in [3.8, 4) is 0 Å². The summed E-state index contributed by atoms with van der Waals surface area (Å²) in [6.07, 6.45) is 0. The van der Waals surface area contributed by atoms with E-state index in [0.717, 1.165) is 11.1 Å². The van der Waals surface area contributed by atoms with Crippen LogP contribution in [0.15, 0.2) is 48.5 Å². The standard InChI is InChI=1S/C17H19NO/c1-12-7-9-15(10-8-12)14(3)18-17(19)16-6-4-5-13(2)11-16/h4-11,14H,1-3H3,(H,18,19). The van der Waals surface area contributed by atoms with Crippen molar-refractivity contribution < 1.29 is 4.79 Å². The molecule has 2 aromatic carbocycles. The minimum Gasteiger partial charge on any atom is -0.346 e. The number of aryl methyl sites for hydroxylation is 2. The van der Waals surface area contributed by atoms with Crippen LogP contribution < -0.4 is 5.32 Å². The summed E-state index contributed by atoms with van der Waals surface area (Å²) in [6.45, 7) is 6.04. The van der Waals surface area contributed by atoms with E-state index in [4.69, 9.17) is 0 Å². The molecule has 0 radical (unpaired) electrons. The van der Waals surface area contributed by atoms with Crippen LogP contribution in [0.1, 0.15) is 40.0 Å². The van der Waals surface area contributed by atoms with Crippen LogP contribution in [0.2, 0.25) is 0 Å². The van der Waals surface area contributed by atoms with Gasteiger partial charge in [-0.05, 0) is 38.5 Å². The van der Waals surface area contributed by atoms with Gasteiger partial charge in [0.05, 0.1) is 6.04 Å². The molecule has 0 aliphatic carbocycles. The Kier molecular flexibility index (Phi) is 4.00. The highest BCUT2D eigenvalue weighted by molar-refractivity contribution is 5.94. The largest absolute Gasteiger partial charge is 0.346 e. The molecule has 2 nitrogen and oxygen atoms in total. The number of nitrogens with one attached hydrogen (secondary N) is 1. The smallest absolute Gasteiger partial charge is 0.251 e. The van der Waals surface area contributed by atoms with Gasteiger partial charge in [0.1, 0.15) is 0 Å². The van der Waals surface area contributed by atoms with Crippen molar-refractivity contribution in [2.45, 2.75) is 26.8 Å². The Morgan fingerprint density at radius 3 is 2.32 bits per heavy atom. The molecule has 98 valence electrons. The number of benzene rings is 2. The lowest BCUT2D eigenvalue weighted by molar-refractivity contribution is 0.0940. The first-order valence-corrected chi connectivity index (χ1v) is 6.50. The Labute approximate surface area is 114 Å². The highest BCUT2D eigenvalue weighted by Crippen LogP contribution is 2.14. The van der Waals surface area contributed by atoms with Crippen LogP contribution >= 0.6 is 0 Å². The summed E-state index contributed by atoms with van der Waals surface area (Å²) >= 11 is 0. The average Bonchev–Trinajstić information content (AvgIpc) is 2.39. The predicted octanol–water partition coefficient (Wildman–Crippen LogP) is 3.79. The first-order valence-electron chi connectivity index (χ1n) is 6.50. The van der Waals surface area contributed by atoms with Gasteiger partial charge in [0.15, 0.2) is 0 Å². The minimum absolute atomic E-state index is 0.00797. The Balaban J connectivity index is 2.08. The highest BCUT2D eigenvalue weighted by Gasteiger charge is 2.11. The zero-order chi connectivity index (χ0) is 13.8. The fourth-order valence-electron chi connectivity index (χ4n) is 2.00. The molecular formula is C17H19NO. The number of hydrogen-bond donors (Lipinski definition) is 1. The molecule has 1 amide bonds. The number of carbonyl (C=O) groups excluding carboxylic acids is 1. The number of carbonyl (C=O) groups is 1. The van der Waals surface area contributed by atoms with E-state index in [1.165, 1.54) is 5.56 Å². The van der Waals surface area contributed by atoms with Gasteiger partial charge < -0.3 is 5.32 Å². The maximum Gasteiger partial charge on any atom is 0.251 e. The number of rotatable bonds is 3. The van der Waals surface area contributed by atoms with Gasteiger partial charge in [-0.3, -0.25) is 4.79 Å². The summed E-state index contributed by atoms with van der Waals surface area (Å²) < 4.78 is 0. The van der Waals surface area contributed by atoms with E-state index >= 15 is 0 Å². The fourth-order valence-corrected chi connectivity index (χ4v) is 2.00. The molecule has 0 bridgehead atoms. The van der Waals surface area contributed by atoms with E-state index in [0.29, 0.717) is 5.56 Å². The number of amides is 1. The summed E-state index contributed by atoms with van der Waals surface area (Å²) in [5.41, 5.74) is 4.14. The molecule has 0 spiro atoms. The van der Waals surface area contributed by atoms with Crippen LogP contribution in [0, 0.1) is 13.8 Å². The molecule has 0 aromatic heterocycles. The predicted molar refractivity (Wildman–Crippen MR) is 78.2 cm³/mol. The third-order valence-corrected chi connectivity index (χ3v) is 3.21. The summed E-state index contributed by atoms with van der Waals surface area (Å²) in [5.74, 6) is -0.0308. The fraction of sp³-hybridized carbons (Fsp3) is 0.235. The van der Waals surface area contributed by atoms with Crippen molar-refractivity contribution in [3.63, 3.8) is 0 Å². The lowest BCUT2D eigenvalue weighted by atomic mass is 10.1. The SMILES string of the molecule is Cc1ccc(C(C)NC(=O)c2cccc(C)c2)cc1. The van der Waals surface area contributed by atoms with Gasteiger partial charge in [0, 0.05) is 5.56 Å². The Bertz CT molecular complexity index is 572. The van der Waals surface area contributed by atoms with Crippen LogP contribution in [-0.4, -0.2) is 5.91 Å². The molecule has 19 heavy (non-hydrogen) atoms. The van der Waals surface area contributed by atoms with E-state index < -0.39 is 0 Å².